The minimum Gasteiger partial charge on any atom is -0.399 e. The lowest BCUT2D eigenvalue weighted by Crippen LogP contribution is -2.22. The summed E-state index contributed by atoms with van der Waals surface area (Å²) in [4.78, 5) is 0. The second-order valence-corrected chi connectivity index (χ2v) is 14.0. The summed E-state index contributed by atoms with van der Waals surface area (Å²) >= 11 is 0. The number of ether oxygens (including phenoxy) is 1. The molecular formula is C22H28FN3OSi. The standard InChI is InChI=1S/C22H28FN3OSi/c1-16-14-26(15-27-10-11-28(2,3)4)25-22(16)21-13-18(23)8-9-20(21)17-6-5-7-19(24)12-17/h5-9,12-14H,10-11,15,24H2,1-4H3. The van der Waals surface area contributed by atoms with Crippen molar-refractivity contribution in [2.45, 2.75) is 39.3 Å². The number of hydrogen-bond acceptors (Lipinski definition) is 3. The fourth-order valence-corrected chi connectivity index (χ4v) is 3.82. The van der Waals surface area contributed by atoms with Gasteiger partial charge in [0.15, 0.2) is 0 Å². The van der Waals surface area contributed by atoms with Gasteiger partial charge in [0, 0.05) is 32.1 Å². The van der Waals surface area contributed by atoms with Crippen LogP contribution in [0.3, 0.4) is 0 Å². The van der Waals surface area contributed by atoms with Gasteiger partial charge in [0.1, 0.15) is 12.5 Å². The predicted octanol–water partition coefficient (Wildman–Crippen LogP) is 5.56. The molecule has 0 saturated heterocycles. The number of anilines is 1. The average Bonchev–Trinajstić information content (AvgIpc) is 2.98. The minimum absolute atomic E-state index is 0.289. The molecular weight excluding hydrogens is 369 g/mol. The second kappa shape index (κ2) is 8.28. The first-order chi connectivity index (χ1) is 13.2. The van der Waals surface area contributed by atoms with Gasteiger partial charge in [-0.05, 0) is 53.9 Å². The first-order valence-corrected chi connectivity index (χ1v) is 13.2. The molecule has 0 spiro atoms. The van der Waals surface area contributed by atoms with Gasteiger partial charge < -0.3 is 10.5 Å². The highest BCUT2D eigenvalue weighted by molar-refractivity contribution is 6.76. The molecule has 0 aliphatic rings. The third-order valence-electron chi connectivity index (χ3n) is 4.60. The lowest BCUT2D eigenvalue weighted by atomic mass is 9.96. The third-order valence-corrected chi connectivity index (χ3v) is 6.30. The van der Waals surface area contributed by atoms with Crippen molar-refractivity contribution in [1.29, 1.82) is 0 Å². The Labute approximate surface area is 167 Å². The van der Waals surface area contributed by atoms with Crippen LogP contribution in [0.2, 0.25) is 25.7 Å². The molecule has 6 heteroatoms. The van der Waals surface area contributed by atoms with Crippen molar-refractivity contribution in [3.8, 4) is 22.4 Å². The average molecular weight is 398 g/mol. The molecule has 0 atom stereocenters. The molecule has 3 rings (SSSR count). The number of nitrogen functional groups attached to an aromatic ring is 1. The van der Waals surface area contributed by atoms with Gasteiger partial charge in [-0.1, -0.05) is 37.8 Å². The molecule has 1 aromatic heterocycles. The van der Waals surface area contributed by atoms with E-state index in [0.717, 1.165) is 40.6 Å². The molecule has 0 aliphatic carbocycles. The zero-order valence-corrected chi connectivity index (χ0v) is 18.0. The van der Waals surface area contributed by atoms with Crippen LogP contribution in [0.4, 0.5) is 10.1 Å². The fourth-order valence-electron chi connectivity index (χ4n) is 3.06. The van der Waals surface area contributed by atoms with Crippen LogP contribution < -0.4 is 5.73 Å². The number of rotatable bonds is 7. The number of aryl methyl sites for hydroxylation is 1. The van der Waals surface area contributed by atoms with E-state index in [-0.39, 0.29) is 5.82 Å². The molecule has 0 bridgehead atoms. The quantitative estimate of drug-likeness (QED) is 0.323. The molecule has 1 heterocycles. The van der Waals surface area contributed by atoms with Crippen LogP contribution >= 0.6 is 0 Å². The first kappa shape index (κ1) is 20.3. The van der Waals surface area contributed by atoms with E-state index in [0.29, 0.717) is 12.4 Å². The Kier molecular flexibility index (Phi) is 6.01. The van der Waals surface area contributed by atoms with Gasteiger partial charge in [-0.15, -0.1) is 0 Å². The molecule has 28 heavy (non-hydrogen) atoms. The molecule has 0 unspecified atom stereocenters. The smallest absolute Gasteiger partial charge is 0.139 e. The van der Waals surface area contributed by atoms with E-state index < -0.39 is 8.07 Å². The Morgan fingerprint density at radius 2 is 1.89 bits per heavy atom. The molecule has 2 aromatic carbocycles. The molecule has 0 amide bonds. The molecule has 2 N–H and O–H groups in total. The molecule has 3 aromatic rings. The van der Waals surface area contributed by atoms with E-state index in [9.17, 15) is 4.39 Å². The van der Waals surface area contributed by atoms with Crippen LogP contribution in [-0.2, 0) is 11.5 Å². The maximum atomic E-state index is 14.0. The van der Waals surface area contributed by atoms with Gasteiger partial charge in [-0.25, -0.2) is 9.07 Å². The maximum Gasteiger partial charge on any atom is 0.139 e. The van der Waals surface area contributed by atoms with Crippen molar-refractivity contribution < 1.29 is 9.13 Å². The van der Waals surface area contributed by atoms with Crippen molar-refractivity contribution in [1.82, 2.24) is 9.78 Å². The molecule has 0 aliphatic heterocycles. The Morgan fingerprint density at radius 3 is 2.61 bits per heavy atom. The number of nitrogens with two attached hydrogens (primary N) is 1. The SMILES string of the molecule is Cc1cn(COCC[Si](C)(C)C)nc1-c1cc(F)ccc1-c1cccc(N)c1. The molecule has 4 nitrogen and oxygen atoms in total. The Balaban J connectivity index is 1.88. The highest BCUT2D eigenvalue weighted by Crippen LogP contribution is 2.34. The van der Waals surface area contributed by atoms with Gasteiger partial charge in [0.05, 0.1) is 5.69 Å². The van der Waals surface area contributed by atoms with E-state index in [1.54, 1.807) is 10.7 Å². The lowest BCUT2D eigenvalue weighted by Gasteiger charge is -2.15. The zero-order chi connectivity index (χ0) is 20.3. The molecule has 0 fully saturated rings. The predicted molar refractivity (Wildman–Crippen MR) is 116 cm³/mol. The van der Waals surface area contributed by atoms with Gasteiger partial charge in [0.25, 0.3) is 0 Å². The molecule has 0 saturated carbocycles. The highest BCUT2D eigenvalue weighted by Gasteiger charge is 2.16. The molecule has 148 valence electrons. The normalized spacial score (nSPS) is 11.8. The fraction of sp³-hybridized carbons (Fsp3) is 0.318. The van der Waals surface area contributed by atoms with Crippen LogP contribution in [0.1, 0.15) is 5.56 Å². The number of hydrogen-bond donors (Lipinski definition) is 1. The van der Waals surface area contributed by atoms with Gasteiger partial charge >= 0.3 is 0 Å². The Morgan fingerprint density at radius 1 is 1.11 bits per heavy atom. The van der Waals surface area contributed by atoms with Crippen molar-refractivity contribution in [2.24, 2.45) is 0 Å². The summed E-state index contributed by atoms with van der Waals surface area (Å²) < 4.78 is 21.6. The number of benzene rings is 2. The highest BCUT2D eigenvalue weighted by atomic mass is 28.3. The van der Waals surface area contributed by atoms with Crippen LogP contribution in [-0.4, -0.2) is 24.5 Å². The third kappa shape index (κ3) is 5.08. The van der Waals surface area contributed by atoms with Crippen molar-refractivity contribution in [3.05, 3.63) is 60.0 Å². The largest absolute Gasteiger partial charge is 0.399 e. The van der Waals surface area contributed by atoms with Gasteiger partial charge in [0.2, 0.25) is 0 Å². The van der Waals surface area contributed by atoms with E-state index >= 15 is 0 Å². The lowest BCUT2D eigenvalue weighted by molar-refractivity contribution is 0.0787. The summed E-state index contributed by atoms with van der Waals surface area (Å²) in [5, 5.41) is 4.67. The summed E-state index contributed by atoms with van der Waals surface area (Å²) in [6.45, 7) is 10.1. The Hall–Kier alpha value is -2.44. The van der Waals surface area contributed by atoms with E-state index in [1.165, 1.54) is 12.1 Å². The van der Waals surface area contributed by atoms with Crippen LogP contribution in [0, 0.1) is 12.7 Å². The van der Waals surface area contributed by atoms with Crippen molar-refractivity contribution >= 4 is 13.8 Å². The van der Waals surface area contributed by atoms with Crippen LogP contribution in [0.15, 0.2) is 48.7 Å². The van der Waals surface area contributed by atoms with E-state index in [2.05, 4.69) is 24.7 Å². The summed E-state index contributed by atoms with van der Waals surface area (Å²) in [6.07, 6.45) is 1.94. The van der Waals surface area contributed by atoms with Crippen molar-refractivity contribution in [2.75, 3.05) is 12.3 Å². The molecule has 0 radical (unpaired) electrons. The minimum atomic E-state index is -1.12. The number of aromatic nitrogens is 2. The van der Waals surface area contributed by atoms with E-state index in [4.69, 9.17) is 10.5 Å². The number of halogens is 1. The summed E-state index contributed by atoms with van der Waals surface area (Å²) in [6, 6.07) is 13.5. The van der Waals surface area contributed by atoms with Crippen LogP contribution in [0.25, 0.3) is 22.4 Å². The van der Waals surface area contributed by atoms with Gasteiger partial charge in [-0.3, -0.25) is 0 Å². The topological polar surface area (TPSA) is 53.1 Å². The first-order valence-electron chi connectivity index (χ1n) is 9.50. The summed E-state index contributed by atoms with van der Waals surface area (Å²) in [5.41, 5.74) is 10.9. The monoisotopic (exact) mass is 397 g/mol. The second-order valence-electron chi connectivity index (χ2n) is 8.36. The van der Waals surface area contributed by atoms with Gasteiger partial charge in [-0.2, -0.15) is 5.10 Å². The van der Waals surface area contributed by atoms with Crippen LogP contribution in [0.5, 0.6) is 0 Å². The summed E-state index contributed by atoms with van der Waals surface area (Å²) in [7, 11) is -1.12. The number of nitrogens with zero attached hydrogens (tertiary/aromatic N) is 2. The maximum absolute atomic E-state index is 14.0. The van der Waals surface area contributed by atoms with E-state index in [1.807, 2.05) is 37.4 Å². The van der Waals surface area contributed by atoms with Crippen molar-refractivity contribution in [3.63, 3.8) is 0 Å². The summed E-state index contributed by atoms with van der Waals surface area (Å²) in [5.74, 6) is -0.289. The zero-order valence-electron chi connectivity index (χ0n) is 17.0. The Bertz CT molecular complexity index is 963.